The molecule has 1 aromatic carbocycles. The summed E-state index contributed by atoms with van der Waals surface area (Å²) in [6.45, 7) is 2.63. The zero-order valence-electron chi connectivity index (χ0n) is 10.4. The molecule has 1 fully saturated rings. The van der Waals surface area contributed by atoms with Crippen molar-refractivity contribution in [1.82, 2.24) is 4.90 Å². The van der Waals surface area contributed by atoms with E-state index in [2.05, 4.69) is 0 Å². The highest BCUT2D eigenvalue weighted by molar-refractivity contribution is 5.79. The third-order valence-electron chi connectivity index (χ3n) is 3.52. The molecule has 0 saturated carbocycles. The van der Waals surface area contributed by atoms with Gasteiger partial charge in [-0.15, -0.1) is 0 Å². The molecule has 2 atom stereocenters. The molecule has 96 valence electrons. The number of amides is 1. The van der Waals surface area contributed by atoms with Gasteiger partial charge in [-0.25, -0.2) is 0 Å². The van der Waals surface area contributed by atoms with Crippen LogP contribution in [0.15, 0.2) is 30.3 Å². The number of carboxylic acid groups (broad SMARTS) is 1. The molecular weight excluding hydrogens is 230 g/mol. The maximum absolute atomic E-state index is 11.7. The monoisotopic (exact) mass is 247 g/mol. The molecule has 0 aliphatic carbocycles. The number of carboxylic acids is 1. The van der Waals surface area contributed by atoms with Crippen LogP contribution in [0.5, 0.6) is 0 Å². The Bertz CT molecular complexity index is 444. The fraction of sp³-hybridized carbons (Fsp3) is 0.429. The minimum absolute atomic E-state index is 0.0275. The fourth-order valence-corrected chi connectivity index (χ4v) is 2.52. The van der Waals surface area contributed by atoms with Crippen molar-refractivity contribution in [2.24, 2.45) is 5.92 Å². The number of rotatable bonds is 3. The van der Waals surface area contributed by atoms with Gasteiger partial charge in [0.2, 0.25) is 5.91 Å². The number of aliphatic carboxylic acids is 1. The molecule has 1 aliphatic heterocycles. The predicted molar refractivity (Wildman–Crippen MR) is 67.2 cm³/mol. The lowest BCUT2D eigenvalue weighted by Gasteiger charge is -2.15. The minimum atomic E-state index is -0.824. The Morgan fingerprint density at radius 1 is 1.28 bits per heavy atom. The highest BCUT2D eigenvalue weighted by Crippen LogP contribution is 2.33. The summed E-state index contributed by atoms with van der Waals surface area (Å²) in [6, 6.07) is 9.57. The van der Waals surface area contributed by atoms with E-state index in [1.165, 1.54) is 0 Å². The van der Waals surface area contributed by atoms with Crippen LogP contribution in [-0.4, -0.2) is 35.0 Å². The lowest BCUT2D eigenvalue weighted by molar-refractivity contribution is -0.141. The molecule has 18 heavy (non-hydrogen) atoms. The molecule has 1 N–H and O–H groups in total. The minimum Gasteiger partial charge on any atom is -0.481 e. The van der Waals surface area contributed by atoms with Crippen LogP contribution >= 0.6 is 0 Å². The lowest BCUT2D eigenvalue weighted by Crippen LogP contribution is -2.29. The summed E-state index contributed by atoms with van der Waals surface area (Å²) < 4.78 is 0. The Morgan fingerprint density at radius 2 is 1.94 bits per heavy atom. The summed E-state index contributed by atoms with van der Waals surface area (Å²) in [4.78, 5) is 24.7. The molecule has 0 bridgehead atoms. The second-order valence-corrected chi connectivity index (χ2v) is 4.61. The molecule has 1 saturated heterocycles. The Balaban J connectivity index is 2.23. The van der Waals surface area contributed by atoms with E-state index < -0.39 is 11.9 Å². The Kier molecular flexibility index (Phi) is 3.65. The van der Waals surface area contributed by atoms with Crippen molar-refractivity contribution in [1.29, 1.82) is 0 Å². The van der Waals surface area contributed by atoms with Crippen LogP contribution in [-0.2, 0) is 9.59 Å². The molecule has 1 heterocycles. The third kappa shape index (κ3) is 2.37. The van der Waals surface area contributed by atoms with Crippen molar-refractivity contribution in [2.45, 2.75) is 19.3 Å². The standard InChI is InChI=1S/C14H17NO3/c1-2-13(16)15-8-11(12(9-15)14(17)18)10-6-4-3-5-7-10/h3-7,11-12H,2,8-9H2,1H3,(H,17,18)/t11-,12-/m0/s1. The Hall–Kier alpha value is -1.84. The van der Waals surface area contributed by atoms with E-state index in [-0.39, 0.29) is 11.8 Å². The molecule has 1 aromatic rings. The van der Waals surface area contributed by atoms with Gasteiger partial charge in [0.1, 0.15) is 0 Å². The molecule has 4 nitrogen and oxygen atoms in total. The third-order valence-corrected chi connectivity index (χ3v) is 3.52. The zero-order valence-corrected chi connectivity index (χ0v) is 10.4. The highest BCUT2D eigenvalue weighted by Gasteiger charge is 2.39. The second-order valence-electron chi connectivity index (χ2n) is 4.61. The maximum Gasteiger partial charge on any atom is 0.308 e. The Morgan fingerprint density at radius 3 is 2.50 bits per heavy atom. The number of carbonyl (C=O) groups is 2. The molecule has 0 unspecified atom stereocenters. The molecule has 0 spiro atoms. The van der Waals surface area contributed by atoms with Gasteiger partial charge in [-0.05, 0) is 5.56 Å². The molecule has 0 radical (unpaired) electrons. The SMILES string of the molecule is CCC(=O)N1C[C@H](C(=O)O)[C@H](c2ccccc2)C1. The summed E-state index contributed by atoms with van der Waals surface area (Å²) >= 11 is 0. The van der Waals surface area contributed by atoms with Crippen molar-refractivity contribution < 1.29 is 14.7 Å². The van der Waals surface area contributed by atoms with Gasteiger partial charge in [0.25, 0.3) is 0 Å². The summed E-state index contributed by atoms with van der Waals surface area (Å²) in [6.07, 6.45) is 0.424. The van der Waals surface area contributed by atoms with E-state index in [1.54, 1.807) is 11.8 Å². The van der Waals surface area contributed by atoms with E-state index in [1.807, 2.05) is 30.3 Å². The van der Waals surface area contributed by atoms with Crippen molar-refractivity contribution in [3.05, 3.63) is 35.9 Å². The largest absolute Gasteiger partial charge is 0.481 e. The maximum atomic E-state index is 11.7. The average molecular weight is 247 g/mol. The van der Waals surface area contributed by atoms with Crippen LogP contribution in [0.1, 0.15) is 24.8 Å². The first kappa shape index (κ1) is 12.6. The van der Waals surface area contributed by atoms with Crippen LogP contribution < -0.4 is 0 Å². The molecule has 1 aliphatic rings. The first-order chi connectivity index (χ1) is 8.63. The molecule has 2 rings (SSSR count). The quantitative estimate of drug-likeness (QED) is 0.884. The normalized spacial score (nSPS) is 23.1. The van der Waals surface area contributed by atoms with E-state index in [0.717, 1.165) is 5.56 Å². The first-order valence-electron chi connectivity index (χ1n) is 6.19. The van der Waals surface area contributed by atoms with Gasteiger partial charge >= 0.3 is 5.97 Å². The predicted octanol–water partition coefficient (Wildman–Crippen LogP) is 1.72. The van der Waals surface area contributed by atoms with E-state index in [0.29, 0.717) is 19.5 Å². The number of carbonyl (C=O) groups excluding carboxylic acids is 1. The van der Waals surface area contributed by atoms with Gasteiger partial charge in [0.05, 0.1) is 5.92 Å². The van der Waals surface area contributed by atoms with Gasteiger partial charge in [0, 0.05) is 25.4 Å². The van der Waals surface area contributed by atoms with Gasteiger partial charge in [-0.2, -0.15) is 0 Å². The van der Waals surface area contributed by atoms with Gasteiger partial charge in [-0.1, -0.05) is 37.3 Å². The van der Waals surface area contributed by atoms with E-state index >= 15 is 0 Å². The fourth-order valence-electron chi connectivity index (χ4n) is 2.52. The number of likely N-dealkylation sites (tertiary alicyclic amines) is 1. The van der Waals surface area contributed by atoms with Crippen molar-refractivity contribution >= 4 is 11.9 Å². The highest BCUT2D eigenvalue weighted by atomic mass is 16.4. The van der Waals surface area contributed by atoms with Crippen LogP contribution in [0.25, 0.3) is 0 Å². The number of nitrogens with zero attached hydrogens (tertiary/aromatic N) is 1. The topological polar surface area (TPSA) is 57.6 Å². The number of benzene rings is 1. The number of hydrogen-bond donors (Lipinski definition) is 1. The molecule has 1 amide bonds. The first-order valence-corrected chi connectivity index (χ1v) is 6.19. The average Bonchev–Trinajstić information content (AvgIpc) is 2.84. The molecule has 0 aromatic heterocycles. The van der Waals surface area contributed by atoms with Crippen molar-refractivity contribution in [3.63, 3.8) is 0 Å². The lowest BCUT2D eigenvalue weighted by atomic mass is 9.89. The summed E-state index contributed by atoms with van der Waals surface area (Å²) in [5, 5.41) is 9.28. The van der Waals surface area contributed by atoms with Gasteiger partial charge < -0.3 is 10.0 Å². The van der Waals surface area contributed by atoms with Crippen LogP contribution in [0.3, 0.4) is 0 Å². The van der Waals surface area contributed by atoms with Crippen LogP contribution in [0.4, 0.5) is 0 Å². The van der Waals surface area contributed by atoms with E-state index in [4.69, 9.17) is 0 Å². The van der Waals surface area contributed by atoms with Crippen LogP contribution in [0.2, 0.25) is 0 Å². The smallest absolute Gasteiger partial charge is 0.308 e. The zero-order chi connectivity index (χ0) is 13.1. The van der Waals surface area contributed by atoms with Gasteiger partial charge in [0.15, 0.2) is 0 Å². The van der Waals surface area contributed by atoms with Crippen LogP contribution in [0, 0.1) is 5.92 Å². The summed E-state index contributed by atoms with van der Waals surface area (Å²) in [5.41, 5.74) is 0.997. The summed E-state index contributed by atoms with van der Waals surface area (Å²) in [5.74, 6) is -1.39. The molecular formula is C14H17NO3. The van der Waals surface area contributed by atoms with Crippen molar-refractivity contribution in [2.75, 3.05) is 13.1 Å². The summed E-state index contributed by atoms with van der Waals surface area (Å²) in [7, 11) is 0. The van der Waals surface area contributed by atoms with Gasteiger partial charge in [-0.3, -0.25) is 9.59 Å². The second kappa shape index (κ2) is 5.21. The number of hydrogen-bond acceptors (Lipinski definition) is 2. The molecule has 4 heteroatoms. The van der Waals surface area contributed by atoms with E-state index in [9.17, 15) is 14.7 Å². The van der Waals surface area contributed by atoms with Crippen molar-refractivity contribution in [3.8, 4) is 0 Å². The Labute approximate surface area is 106 Å².